The van der Waals surface area contributed by atoms with E-state index >= 15 is 0 Å². The average Bonchev–Trinajstić information content (AvgIpc) is 2.48. The number of rotatable bonds is 5. The van der Waals surface area contributed by atoms with Gasteiger partial charge in [0.25, 0.3) is 0 Å². The molecule has 0 spiro atoms. The van der Waals surface area contributed by atoms with E-state index in [1.54, 1.807) is 6.07 Å². The summed E-state index contributed by atoms with van der Waals surface area (Å²) >= 11 is 3.40. The molecule has 4 heteroatoms. The highest BCUT2D eigenvalue weighted by Gasteiger charge is 2.23. The normalized spacial score (nSPS) is 21.9. The first-order valence-electron chi connectivity index (χ1n) is 7.49. The van der Waals surface area contributed by atoms with Crippen molar-refractivity contribution in [2.45, 2.75) is 39.3 Å². The Balaban J connectivity index is 1.88. The monoisotopic (exact) mass is 342 g/mol. The number of benzene rings is 1. The van der Waals surface area contributed by atoms with Crippen molar-refractivity contribution >= 4 is 15.9 Å². The van der Waals surface area contributed by atoms with Gasteiger partial charge in [0.05, 0.1) is 0 Å². The predicted molar refractivity (Wildman–Crippen MR) is 85.2 cm³/mol. The van der Waals surface area contributed by atoms with E-state index in [1.807, 2.05) is 6.07 Å². The van der Waals surface area contributed by atoms with E-state index in [9.17, 15) is 4.39 Å². The first-order chi connectivity index (χ1) is 9.60. The summed E-state index contributed by atoms with van der Waals surface area (Å²) in [4.78, 5) is 2.51. The molecule has 1 fully saturated rings. The molecule has 1 aliphatic heterocycles. The lowest BCUT2D eigenvalue weighted by atomic mass is 9.91. The average molecular weight is 343 g/mol. The Morgan fingerprint density at radius 2 is 2.30 bits per heavy atom. The molecule has 1 aromatic carbocycles. The molecule has 2 nitrogen and oxygen atoms in total. The van der Waals surface area contributed by atoms with Crippen molar-refractivity contribution in [1.29, 1.82) is 0 Å². The quantitative estimate of drug-likeness (QED) is 0.875. The Morgan fingerprint density at radius 3 is 3.05 bits per heavy atom. The topological polar surface area (TPSA) is 15.3 Å². The van der Waals surface area contributed by atoms with Crippen LogP contribution >= 0.6 is 15.9 Å². The summed E-state index contributed by atoms with van der Waals surface area (Å²) in [5.74, 6) is 0.533. The Hall–Kier alpha value is -0.450. The van der Waals surface area contributed by atoms with Gasteiger partial charge >= 0.3 is 0 Å². The van der Waals surface area contributed by atoms with Crippen molar-refractivity contribution in [3.63, 3.8) is 0 Å². The van der Waals surface area contributed by atoms with Gasteiger partial charge in [0.1, 0.15) is 5.82 Å². The third-order valence-electron chi connectivity index (χ3n) is 4.32. The van der Waals surface area contributed by atoms with Gasteiger partial charge in [-0.15, -0.1) is 0 Å². The Kier molecular flexibility index (Phi) is 6.00. The molecular formula is C16H24BrFN2. The zero-order valence-electron chi connectivity index (χ0n) is 12.3. The van der Waals surface area contributed by atoms with Crippen molar-refractivity contribution < 1.29 is 4.39 Å². The van der Waals surface area contributed by atoms with Crippen molar-refractivity contribution in [3.8, 4) is 0 Å². The van der Waals surface area contributed by atoms with E-state index in [4.69, 9.17) is 0 Å². The van der Waals surface area contributed by atoms with E-state index in [0.717, 1.165) is 23.1 Å². The zero-order valence-corrected chi connectivity index (χ0v) is 13.9. The molecular weight excluding hydrogens is 319 g/mol. The fourth-order valence-corrected chi connectivity index (χ4v) is 3.31. The Labute approximate surface area is 129 Å². The van der Waals surface area contributed by atoms with Crippen LogP contribution in [0.15, 0.2) is 22.7 Å². The van der Waals surface area contributed by atoms with Crippen LogP contribution in [0.3, 0.4) is 0 Å². The van der Waals surface area contributed by atoms with Gasteiger partial charge in [-0.3, -0.25) is 0 Å². The van der Waals surface area contributed by atoms with E-state index in [-0.39, 0.29) is 5.82 Å². The molecule has 2 atom stereocenters. The van der Waals surface area contributed by atoms with Gasteiger partial charge in [-0.25, -0.2) is 4.39 Å². The third-order valence-corrected chi connectivity index (χ3v) is 4.81. The van der Waals surface area contributed by atoms with E-state index in [0.29, 0.717) is 18.5 Å². The second-order valence-corrected chi connectivity index (χ2v) is 6.62. The van der Waals surface area contributed by atoms with Crippen LogP contribution in [0.25, 0.3) is 0 Å². The van der Waals surface area contributed by atoms with Crippen molar-refractivity contribution in [2.75, 3.05) is 19.6 Å². The maximum atomic E-state index is 13.7. The number of nitrogens with zero attached hydrogens (tertiary/aromatic N) is 1. The van der Waals surface area contributed by atoms with Gasteiger partial charge in [0, 0.05) is 29.2 Å². The van der Waals surface area contributed by atoms with Crippen LogP contribution in [0.1, 0.15) is 32.3 Å². The molecule has 0 aliphatic carbocycles. The van der Waals surface area contributed by atoms with Crippen LogP contribution in [-0.2, 0) is 6.54 Å². The predicted octanol–water partition coefficient (Wildman–Crippen LogP) is 3.80. The van der Waals surface area contributed by atoms with E-state index < -0.39 is 0 Å². The standard InChI is InChI=1S/C16H24BrFN2/c1-3-20-8-4-5-13(11-20)12(2)19-10-14-9-15(17)6-7-16(14)18/h6-7,9,12-13,19H,3-5,8,10-11H2,1-2H3. The zero-order chi connectivity index (χ0) is 14.5. The lowest BCUT2D eigenvalue weighted by Crippen LogP contribution is -2.44. The van der Waals surface area contributed by atoms with Crippen LogP contribution in [0.2, 0.25) is 0 Å². The third kappa shape index (κ3) is 4.27. The number of halogens is 2. The van der Waals surface area contributed by atoms with Crippen LogP contribution in [0.5, 0.6) is 0 Å². The first-order valence-corrected chi connectivity index (χ1v) is 8.29. The van der Waals surface area contributed by atoms with Crippen molar-refractivity contribution in [1.82, 2.24) is 10.2 Å². The highest BCUT2D eigenvalue weighted by atomic mass is 79.9. The lowest BCUT2D eigenvalue weighted by molar-refractivity contribution is 0.156. The Morgan fingerprint density at radius 1 is 1.50 bits per heavy atom. The smallest absolute Gasteiger partial charge is 0.127 e. The van der Waals surface area contributed by atoms with Gasteiger partial charge in [0.15, 0.2) is 0 Å². The molecule has 1 N–H and O–H groups in total. The highest BCUT2D eigenvalue weighted by molar-refractivity contribution is 9.10. The van der Waals surface area contributed by atoms with Gasteiger partial charge in [-0.2, -0.15) is 0 Å². The van der Waals surface area contributed by atoms with E-state index in [2.05, 4.69) is 40.0 Å². The molecule has 0 radical (unpaired) electrons. The summed E-state index contributed by atoms with van der Waals surface area (Å²) in [6.07, 6.45) is 2.54. The molecule has 1 aliphatic rings. The molecule has 20 heavy (non-hydrogen) atoms. The van der Waals surface area contributed by atoms with E-state index in [1.165, 1.54) is 25.5 Å². The molecule has 0 saturated carbocycles. The SMILES string of the molecule is CCN1CCCC(C(C)NCc2cc(Br)ccc2F)C1. The number of hydrogen-bond acceptors (Lipinski definition) is 2. The van der Waals surface area contributed by atoms with Gasteiger partial charge in [-0.1, -0.05) is 22.9 Å². The van der Waals surface area contributed by atoms with Crippen LogP contribution < -0.4 is 5.32 Å². The maximum Gasteiger partial charge on any atom is 0.127 e. The molecule has 0 amide bonds. The number of hydrogen-bond donors (Lipinski definition) is 1. The fourth-order valence-electron chi connectivity index (χ4n) is 2.90. The molecule has 1 heterocycles. The molecule has 112 valence electrons. The van der Waals surface area contributed by atoms with Crippen LogP contribution in [0.4, 0.5) is 4.39 Å². The van der Waals surface area contributed by atoms with Crippen molar-refractivity contribution in [2.24, 2.45) is 5.92 Å². The molecule has 1 aromatic rings. The molecule has 2 rings (SSSR count). The summed E-state index contributed by atoms with van der Waals surface area (Å²) in [5, 5.41) is 3.49. The second-order valence-electron chi connectivity index (χ2n) is 5.70. The Bertz CT molecular complexity index is 438. The van der Waals surface area contributed by atoms with Crippen LogP contribution in [0, 0.1) is 11.7 Å². The summed E-state index contributed by atoms with van der Waals surface area (Å²) in [5.41, 5.74) is 0.731. The van der Waals surface area contributed by atoms with Crippen molar-refractivity contribution in [3.05, 3.63) is 34.1 Å². The second kappa shape index (κ2) is 7.53. The van der Waals surface area contributed by atoms with Gasteiger partial charge in [-0.05, 0) is 57.0 Å². The molecule has 0 bridgehead atoms. The molecule has 2 unspecified atom stereocenters. The molecule has 0 aromatic heterocycles. The maximum absolute atomic E-state index is 13.7. The summed E-state index contributed by atoms with van der Waals surface area (Å²) in [7, 11) is 0. The number of piperidine rings is 1. The highest BCUT2D eigenvalue weighted by Crippen LogP contribution is 2.20. The minimum absolute atomic E-state index is 0.133. The summed E-state index contributed by atoms with van der Waals surface area (Å²) in [6, 6.07) is 5.53. The minimum atomic E-state index is -0.133. The minimum Gasteiger partial charge on any atom is -0.310 e. The van der Waals surface area contributed by atoms with Gasteiger partial charge in [0.2, 0.25) is 0 Å². The summed E-state index contributed by atoms with van der Waals surface area (Å²) < 4.78 is 14.6. The number of likely N-dealkylation sites (tertiary alicyclic amines) is 1. The van der Waals surface area contributed by atoms with Crippen LogP contribution in [-0.4, -0.2) is 30.6 Å². The largest absolute Gasteiger partial charge is 0.310 e. The fraction of sp³-hybridized carbons (Fsp3) is 0.625. The number of nitrogens with one attached hydrogen (secondary N) is 1. The summed E-state index contributed by atoms with van der Waals surface area (Å²) in [6.45, 7) is 8.54. The first kappa shape index (κ1) is 15.9. The lowest BCUT2D eigenvalue weighted by Gasteiger charge is -2.35. The van der Waals surface area contributed by atoms with Gasteiger partial charge < -0.3 is 10.2 Å². The molecule has 1 saturated heterocycles.